The summed E-state index contributed by atoms with van der Waals surface area (Å²) in [5.41, 5.74) is 3.02. The number of rotatable bonds is 6. The Balaban J connectivity index is 2.07. The van der Waals surface area contributed by atoms with Crippen molar-refractivity contribution >= 4 is 11.3 Å². The molecule has 1 atom stereocenters. The second-order valence-corrected chi connectivity index (χ2v) is 5.04. The van der Waals surface area contributed by atoms with E-state index in [9.17, 15) is 0 Å². The molecule has 0 saturated heterocycles. The molecule has 0 saturated carbocycles. The summed E-state index contributed by atoms with van der Waals surface area (Å²) in [5.74, 6) is 0.944. The van der Waals surface area contributed by atoms with Gasteiger partial charge in [-0.2, -0.15) is 0 Å². The van der Waals surface area contributed by atoms with Crippen molar-refractivity contribution in [2.45, 2.75) is 26.5 Å². The fourth-order valence-electron chi connectivity index (χ4n) is 1.85. The van der Waals surface area contributed by atoms with Gasteiger partial charge in [0.1, 0.15) is 12.4 Å². The Kier molecular flexibility index (Phi) is 4.73. The summed E-state index contributed by atoms with van der Waals surface area (Å²) in [6.07, 6.45) is 1.85. The first-order valence-electron chi connectivity index (χ1n) is 6.13. The van der Waals surface area contributed by atoms with Crippen LogP contribution in [0.3, 0.4) is 0 Å². The van der Waals surface area contributed by atoms with Crippen LogP contribution in [0.1, 0.15) is 30.3 Å². The Hall–Kier alpha value is -1.39. The van der Waals surface area contributed by atoms with Gasteiger partial charge in [-0.05, 0) is 19.5 Å². The molecule has 0 radical (unpaired) electrons. The van der Waals surface area contributed by atoms with Crippen molar-refractivity contribution in [2.75, 3.05) is 6.54 Å². The highest BCUT2D eigenvalue weighted by atomic mass is 32.1. The lowest BCUT2D eigenvalue weighted by Gasteiger charge is -2.17. The van der Waals surface area contributed by atoms with E-state index in [0.29, 0.717) is 12.6 Å². The second-order valence-electron chi connectivity index (χ2n) is 4.07. The van der Waals surface area contributed by atoms with Gasteiger partial charge in [0.25, 0.3) is 0 Å². The van der Waals surface area contributed by atoms with Crippen molar-refractivity contribution < 1.29 is 4.74 Å². The second kappa shape index (κ2) is 6.52. The summed E-state index contributed by atoms with van der Waals surface area (Å²) >= 11 is 1.61. The predicted molar refractivity (Wildman–Crippen MR) is 75.0 cm³/mol. The third kappa shape index (κ3) is 3.31. The highest BCUT2D eigenvalue weighted by Crippen LogP contribution is 2.25. The number of aromatic nitrogens is 1. The van der Waals surface area contributed by atoms with Crippen LogP contribution >= 0.6 is 11.3 Å². The number of thiazole rings is 1. The normalized spacial score (nSPS) is 12.3. The molecular weight excluding hydrogens is 244 g/mol. The first kappa shape index (κ1) is 13.1. The zero-order valence-electron chi connectivity index (χ0n) is 10.7. The molecule has 1 aromatic carbocycles. The van der Waals surface area contributed by atoms with Gasteiger partial charge in [0.15, 0.2) is 0 Å². The van der Waals surface area contributed by atoms with E-state index in [1.165, 1.54) is 5.56 Å². The molecule has 96 valence electrons. The molecule has 0 bridgehead atoms. The molecule has 0 aliphatic rings. The van der Waals surface area contributed by atoms with Gasteiger partial charge in [0.05, 0.1) is 10.4 Å². The Labute approximate surface area is 112 Å². The number of hydrogen-bond donors (Lipinski definition) is 1. The molecule has 2 rings (SSSR count). The standard InChI is InChI=1S/C14H18N2OS/c1-3-16-11(2)13-6-4-5-7-14(13)17-9-12-8-15-10-18-12/h4-8,10-11,16H,3,9H2,1-2H3. The molecular formula is C14H18N2OS. The predicted octanol–water partition coefficient (Wildman–Crippen LogP) is 3.39. The van der Waals surface area contributed by atoms with Gasteiger partial charge in [-0.25, -0.2) is 0 Å². The average Bonchev–Trinajstić information content (AvgIpc) is 2.90. The Bertz CT molecular complexity index is 470. The van der Waals surface area contributed by atoms with Crippen LogP contribution in [0.5, 0.6) is 5.75 Å². The van der Waals surface area contributed by atoms with Crippen LogP contribution in [0, 0.1) is 0 Å². The van der Waals surface area contributed by atoms with Gasteiger partial charge in [-0.3, -0.25) is 4.98 Å². The van der Waals surface area contributed by atoms with E-state index in [1.807, 2.05) is 29.9 Å². The summed E-state index contributed by atoms with van der Waals surface area (Å²) in [6.45, 7) is 5.79. The zero-order chi connectivity index (χ0) is 12.8. The van der Waals surface area contributed by atoms with Crippen molar-refractivity contribution in [1.82, 2.24) is 10.3 Å². The van der Waals surface area contributed by atoms with Crippen LogP contribution in [0.4, 0.5) is 0 Å². The van der Waals surface area contributed by atoms with Crippen LogP contribution in [-0.4, -0.2) is 11.5 Å². The van der Waals surface area contributed by atoms with E-state index in [0.717, 1.165) is 17.2 Å². The maximum atomic E-state index is 5.88. The molecule has 1 unspecified atom stereocenters. The molecule has 1 heterocycles. The monoisotopic (exact) mass is 262 g/mol. The van der Waals surface area contributed by atoms with Crippen molar-refractivity contribution in [1.29, 1.82) is 0 Å². The van der Waals surface area contributed by atoms with Crippen molar-refractivity contribution in [2.24, 2.45) is 0 Å². The highest BCUT2D eigenvalue weighted by Gasteiger charge is 2.10. The van der Waals surface area contributed by atoms with Crippen molar-refractivity contribution in [3.05, 3.63) is 46.4 Å². The minimum atomic E-state index is 0.299. The molecule has 1 N–H and O–H groups in total. The maximum absolute atomic E-state index is 5.88. The van der Waals surface area contributed by atoms with Crippen LogP contribution in [0.2, 0.25) is 0 Å². The first-order chi connectivity index (χ1) is 8.81. The fraction of sp³-hybridized carbons (Fsp3) is 0.357. The van der Waals surface area contributed by atoms with E-state index in [-0.39, 0.29) is 0 Å². The Morgan fingerprint density at radius 3 is 2.94 bits per heavy atom. The maximum Gasteiger partial charge on any atom is 0.124 e. The van der Waals surface area contributed by atoms with E-state index in [2.05, 4.69) is 30.2 Å². The number of hydrogen-bond acceptors (Lipinski definition) is 4. The summed E-state index contributed by atoms with van der Waals surface area (Å²) in [5, 5.41) is 3.41. The van der Waals surface area contributed by atoms with Crippen LogP contribution in [-0.2, 0) is 6.61 Å². The Morgan fingerprint density at radius 1 is 1.39 bits per heavy atom. The van der Waals surface area contributed by atoms with Crippen LogP contribution in [0.25, 0.3) is 0 Å². The number of nitrogens with one attached hydrogen (secondary N) is 1. The van der Waals surface area contributed by atoms with E-state index < -0.39 is 0 Å². The molecule has 2 aromatic rings. The minimum absolute atomic E-state index is 0.299. The number of para-hydroxylation sites is 1. The average molecular weight is 262 g/mol. The molecule has 0 aliphatic carbocycles. The van der Waals surface area contributed by atoms with Crippen LogP contribution < -0.4 is 10.1 Å². The fourth-order valence-corrected chi connectivity index (χ4v) is 2.35. The van der Waals surface area contributed by atoms with Crippen LogP contribution in [0.15, 0.2) is 36.0 Å². The summed E-state index contributed by atoms with van der Waals surface area (Å²) in [4.78, 5) is 5.19. The molecule has 3 nitrogen and oxygen atoms in total. The van der Waals surface area contributed by atoms with Gasteiger partial charge in [-0.15, -0.1) is 11.3 Å². The van der Waals surface area contributed by atoms with Crippen molar-refractivity contribution in [3.8, 4) is 5.75 Å². The third-order valence-corrected chi connectivity index (χ3v) is 3.50. The van der Waals surface area contributed by atoms with Gasteiger partial charge in [-0.1, -0.05) is 25.1 Å². The summed E-state index contributed by atoms with van der Waals surface area (Å²) < 4.78 is 5.88. The smallest absolute Gasteiger partial charge is 0.124 e. The summed E-state index contributed by atoms with van der Waals surface area (Å²) in [6, 6.07) is 8.47. The zero-order valence-corrected chi connectivity index (χ0v) is 11.5. The topological polar surface area (TPSA) is 34.1 Å². The molecule has 0 amide bonds. The quantitative estimate of drug-likeness (QED) is 0.866. The lowest BCUT2D eigenvalue weighted by Crippen LogP contribution is -2.18. The third-order valence-electron chi connectivity index (χ3n) is 2.75. The SMILES string of the molecule is CCNC(C)c1ccccc1OCc1cncs1. The van der Waals surface area contributed by atoms with Crippen molar-refractivity contribution in [3.63, 3.8) is 0 Å². The van der Waals surface area contributed by atoms with Gasteiger partial charge >= 0.3 is 0 Å². The highest BCUT2D eigenvalue weighted by molar-refractivity contribution is 7.09. The number of nitrogens with zero attached hydrogens (tertiary/aromatic N) is 1. The van der Waals surface area contributed by atoms with E-state index >= 15 is 0 Å². The lowest BCUT2D eigenvalue weighted by molar-refractivity contribution is 0.303. The number of ether oxygens (including phenoxy) is 1. The lowest BCUT2D eigenvalue weighted by atomic mass is 10.1. The minimum Gasteiger partial charge on any atom is -0.488 e. The van der Waals surface area contributed by atoms with Gasteiger partial charge in [0, 0.05) is 17.8 Å². The summed E-state index contributed by atoms with van der Waals surface area (Å²) in [7, 11) is 0. The molecule has 18 heavy (non-hydrogen) atoms. The molecule has 0 aliphatic heterocycles. The molecule has 0 fully saturated rings. The van der Waals surface area contributed by atoms with Gasteiger partial charge in [0.2, 0.25) is 0 Å². The Morgan fingerprint density at radius 2 is 2.22 bits per heavy atom. The molecule has 0 spiro atoms. The molecule has 4 heteroatoms. The van der Waals surface area contributed by atoms with E-state index in [1.54, 1.807) is 11.3 Å². The first-order valence-corrected chi connectivity index (χ1v) is 7.01. The van der Waals surface area contributed by atoms with Gasteiger partial charge < -0.3 is 10.1 Å². The largest absolute Gasteiger partial charge is 0.488 e. The number of benzene rings is 1. The van der Waals surface area contributed by atoms with E-state index in [4.69, 9.17) is 4.74 Å². The molecule has 1 aromatic heterocycles.